The molecule has 1 unspecified atom stereocenters. The third-order valence-electron chi connectivity index (χ3n) is 4.13. The highest BCUT2D eigenvalue weighted by atomic mass is 19.3. The third kappa shape index (κ3) is 2.67. The standard InChI is InChI=1S/C13H18F2N4O/c14-13(15)7-11(17-8-13)12(20)18-4-1-10(2-5-18)19-6-3-16-9-19/h3,6,9-11,17H,1-2,4-5,7-8H2. The first-order chi connectivity index (χ1) is 9.55. The molecule has 1 aromatic heterocycles. The van der Waals surface area contributed by atoms with Gasteiger partial charge in [0.25, 0.3) is 5.92 Å². The molecule has 2 aliphatic heterocycles. The summed E-state index contributed by atoms with van der Waals surface area (Å²) < 4.78 is 28.3. The average molecular weight is 284 g/mol. The number of halogens is 2. The fraction of sp³-hybridized carbons (Fsp3) is 0.692. The quantitative estimate of drug-likeness (QED) is 0.883. The van der Waals surface area contributed by atoms with E-state index in [1.54, 1.807) is 17.4 Å². The molecule has 0 radical (unpaired) electrons. The molecule has 5 nitrogen and oxygen atoms in total. The van der Waals surface area contributed by atoms with E-state index in [9.17, 15) is 13.6 Å². The Morgan fingerprint density at radius 1 is 1.35 bits per heavy atom. The summed E-state index contributed by atoms with van der Waals surface area (Å²) in [6, 6.07) is -0.380. The van der Waals surface area contributed by atoms with Crippen molar-refractivity contribution < 1.29 is 13.6 Å². The van der Waals surface area contributed by atoms with Crippen LogP contribution in [0.1, 0.15) is 25.3 Å². The van der Waals surface area contributed by atoms with Crippen LogP contribution in [0.25, 0.3) is 0 Å². The lowest BCUT2D eigenvalue weighted by atomic mass is 10.0. The van der Waals surface area contributed by atoms with Gasteiger partial charge in [-0.05, 0) is 12.8 Å². The maximum Gasteiger partial charge on any atom is 0.262 e. The largest absolute Gasteiger partial charge is 0.341 e. The van der Waals surface area contributed by atoms with E-state index in [1.807, 2.05) is 10.8 Å². The lowest BCUT2D eigenvalue weighted by molar-refractivity contribution is -0.135. The molecule has 0 saturated carbocycles. The van der Waals surface area contributed by atoms with Gasteiger partial charge in [-0.15, -0.1) is 0 Å². The Kier molecular flexibility index (Phi) is 3.45. The van der Waals surface area contributed by atoms with Crippen LogP contribution in [0.4, 0.5) is 8.78 Å². The number of amides is 1. The summed E-state index contributed by atoms with van der Waals surface area (Å²) >= 11 is 0. The van der Waals surface area contributed by atoms with E-state index in [1.165, 1.54) is 0 Å². The number of nitrogens with one attached hydrogen (secondary N) is 1. The van der Waals surface area contributed by atoms with Crippen LogP contribution in [-0.4, -0.2) is 52.0 Å². The van der Waals surface area contributed by atoms with Crippen molar-refractivity contribution in [3.05, 3.63) is 18.7 Å². The van der Waals surface area contributed by atoms with Crippen LogP contribution < -0.4 is 5.32 Å². The average Bonchev–Trinajstić information content (AvgIpc) is 3.07. The zero-order valence-corrected chi connectivity index (χ0v) is 11.1. The summed E-state index contributed by atoms with van der Waals surface area (Å²) in [5.41, 5.74) is 0. The second-order valence-corrected chi connectivity index (χ2v) is 5.56. The minimum Gasteiger partial charge on any atom is -0.341 e. The lowest BCUT2D eigenvalue weighted by Gasteiger charge is -2.34. The predicted octanol–water partition coefficient (Wildman–Crippen LogP) is 1.04. The van der Waals surface area contributed by atoms with E-state index in [0.29, 0.717) is 19.1 Å². The molecule has 0 aliphatic carbocycles. The van der Waals surface area contributed by atoms with E-state index in [4.69, 9.17) is 0 Å². The molecule has 2 saturated heterocycles. The number of carbonyl (C=O) groups is 1. The van der Waals surface area contributed by atoms with Gasteiger partial charge in [-0.3, -0.25) is 10.1 Å². The van der Waals surface area contributed by atoms with Crippen LogP contribution in [0.3, 0.4) is 0 Å². The normalized spacial score (nSPS) is 26.9. The van der Waals surface area contributed by atoms with Gasteiger partial charge in [-0.2, -0.15) is 0 Å². The topological polar surface area (TPSA) is 50.2 Å². The summed E-state index contributed by atoms with van der Waals surface area (Å²) in [6.45, 7) is 0.839. The number of piperidine rings is 1. The van der Waals surface area contributed by atoms with Gasteiger partial charge in [-0.25, -0.2) is 13.8 Å². The molecular formula is C13H18F2N4O. The number of carbonyl (C=O) groups excluding carboxylic acids is 1. The van der Waals surface area contributed by atoms with Gasteiger partial charge in [-0.1, -0.05) is 0 Å². The van der Waals surface area contributed by atoms with Gasteiger partial charge in [0.05, 0.1) is 18.9 Å². The van der Waals surface area contributed by atoms with E-state index in [2.05, 4.69) is 10.3 Å². The van der Waals surface area contributed by atoms with Gasteiger partial charge in [0.2, 0.25) is 5.91 Å². The Hall–Kier alpha value is -1.50. The Morgan fingerprint density at radius 2 is 2.10 bits per heavy atom. The summed E-state index contributed by atoms with van der Waals surface area (Å²) in [6.07, 6.45) is 6.73. The molecule has 7 heteroatoms. The van der Waals surface area contributed by atoms with Gasteiger partial charge >= 0.3 is 0 Å². The van der Waals surface area contributed by atoms with Crippen LogP contribution >= 0.6 is 0 Å². The fourth-order valence-electron chi connectivity index (χ4n) is 2.98. The summed E-state index contributed by atoms with van der Waals surface area (Å²) in [4.78, 5) is 17.9. The molecule has 0 spiro atoms. The molecule has 3 heterocycles. The molecule has 1 N–H and O–H groups in total. The second kappa shape index (κ2) is 5.12. The molecule has 0 aromatic carbocycles. The third-order valence-corrected chi connectivity index (χ3v) is 4.13. The molecular weight excluding hydrogens is 266 g/mol. The van der Waals surface area contributed by atoms with Gasteiger partial charge in [0.15, 0.2) is 0 Å². The van der Waals surface area contributed by atoms with Crippen molar-refractivity contribution in [2.75, 3.05) is 19.6 Å². The number of alkyl halides is 2. The number of nitrogens with zero attached hydrogens (tertiary/aromatic N) is 3. The molecule has 1 amide bonds. The molecule has 20 heavy (non-hydrogen) atoms. The molecule has 1 atom stereocenters. The van der Waals surface area contributed by atoms with Gasteiger partial charge in [0.1, 0.15) is 0 Å². The Bertz CT molecular complexity index is 469. The second-order valence-electron chi connectivity index (χ2n) is 5.56. The first-order valence-electron chi connectivity index (χ1n) is 6.93. The molecule has 0 bridgehead atoms. The number of hydrogen-bond donors (Lipinski definition) is 1. The Balaban J connectivity index is 1.54. The highest BCUT2D eigenvalue weighted by Gasteiger charge is 2.43. The molecule has 2 aliphatic rings. The SMILES string of the molecule is O=C(C1CC(F)(F)CN1)N1CCC(n2ccnc2)CC1. The van der Waals surface area contributed by atoms with Crippen LogP contribution in [0, 0.1) is 0 Å². The number of hydrogen-bond acceptors (Lipinski definition) is 3. The van der Waals surface area contributed by atoms with Crippen molar-refractivity contribution >= 4 is 5.91 Å². The molecule has 2 fully saturated rings. The number of imidazole rings is 1. The fourth-order valence-corrected chi connectivity index (χ4v) is 2.98. The van der Waals surface area contributed by atoms with Crippen molar-refractivity contribution in [1.82, 2.24) is 19.8 Å². The first kappa shape index (κ1) is 13.5. The number of rotatable bonds is 2. The minimum absolute atomic E-state index is 0.189. The van der Waals surface area contributed by atoms with Crippen molar-refractivity contribution in [3.63, 3.8) is 0 Å². The summed E-state index contributed by atoms with van der Waals surface area (Å²) in [5, 5.41) is 2.63. The minimum atomic E-state index is -2.75. The maximum atomic E-state index is 13.1. The zero-order valence-electron chi connectivity index (χ0n) is 11.1. The van der Waals surface area contributed by atoms with Gasteiger partial charge in [0, 0.05) is 37.9 Å². The van der Waals surface area contributed by atoms with Crippen LogP contribution in [0.15, 0.2) is 18.7 Å². The Labute approximate surface area is 116 Å². The number of likely N-dealkylation sites (tertiary alicyclic amines) is 1. The van der Waals surface area contributed by atoms with Crippen molar-refractivity contribution in [3.8, 4) is 0 Å². The monoisotopic (exact) mass is 284 g/mol. The highest BCUT2D eigenvalue weighted by molar-refractivity contribution is 5.82. The van der Waals surface area contributed by atoms with Gasteiger partial charge < -0.3 is 9.47 Å². The summed E-state index contributed by atoms with van der Waals surface area (Å²) in [5.74, 6) is -2.94. The smallest absolute Gasteiger partial charge is 0.262 e. The van der Waals surface area contributed by atoms with Crippen molar-refractivity contribution in [2.45, 2.75) is 37.3 Å². The molecule has 110 valence electrons. The molecule has 1 aromatic rings. The van der Waals surface area contributed by atoms with E-state index in [-0.39, 0.29) is 12.3 Å². The molecule has 3 rings (SSSR count). The van der Waals surface area contributed by atoms with E-state index >= 15 is 0 Å². The Morgan fingerprint density at radius 3 is 2.65 bits per heavy atom. The van der Waals surface area contributed by atoms with E-state index < -0.39 is 18.5 Å². The number of aromatic nitrogens is 2. The highest BCUT2D eigenvalue weighted by Crippen LogP contribution is 2.28. The van der Waals surface area contributed by atoms with Crippen molar-refractivity contribution in [1.29, 1.82) is 0 Å². The van der Waals surface area contributed by atoms with Crippen LogP contribution in [0.2, 0.25) is 0 Å². The predicted molar refractivity (Wildman–Crippen MR) is 68.4 cm³/mol. The van der Waals surface area contributed by atoms with Crippen LogP contribution in [0.5, 0.6) is 0 Å². The lowest BCUT2D eigenvalue weighted by Crippen LogP contribution is -2.47. The maximum absolute atomic E-state index is 13.1. The van der Waals surface area contributed by atoms with Crippen LogP contribution in [-0.2, 0) is 4.79 Å². The zero-order chi connectivity index (χ0) is 14.2. The van der Waals surface area contributed by atoms with E-state index in [0.717, 1.165) is 12.8 Å². The first-order valence-corrected chi connectivity index (χ1v) is 6.93. The van der Waals surface area contributed by atoms with Crippen molar-refractivity contribution in [2.24, 2.45) is 0 Å². The summed E-state index contributed by atoms with van der Waals surface area (Å²) in [7, 11) is 0.